The van der Waals surface area contributed by atoms with Crippen LogP contribution in [0.1, 0.15) is 39.5 Å². The van der Waals surface area contributed by atoms with Crippen molar-refractivity contribution >= 4 is 17.8 Å². The molecule has 1 aliphatic rings. The summed E-state index contributed by atoms with van der Waals surface area (Å²) in [4.78, 5) is 13.4. The number of hydrogen-bond donors (Lipinski definition) is 1. The molecule has 0 aliphatic heterocycles. The zero-order valence-corrected chi connectivity index (χ0v) is 11.5. The van der Waals surface area contributed by atoms with Gasteiger partial charge in [-0.3, -0.25) is 0 Å². The van der Waals surface area contributed by atoms with Crippen LogP contribution in [0.2, 0.25) is 0 Å². The highest BCUT2D eigenvalue weighted by Gasteiger charge is 2.23. The average molecular weight is 244 g/mol. The first-order valence-electron chi connectivity index (χ1n) is 6.30. The Balaban J connectivity index is 2.33. The van der Waals surface area contributed by atoms with Gasteiger partial charge >= 0.3 is 6.03 Å². The van der Waals surface area contributed by atoms with Crippen molar-refractivity contribution in [2.24, 2.45) is 0 Å². The van der Waals surface area contributed by atoms with Crippen LogP contribution in [0.4, 0.5) is 4.79 Å². The van der Waals surface area contributed by atoms with E-state index in [-0.39, 0.29) is 6.03 Å². The van der Waals surface area contributed by atoms with Crippen molar-refractivity contribution in [3.8, 4) is 0 Å². The largest absolute Gasteiger partial charge is 0.335 e. The van der Waals surface area contributed by atoms with Crippen LogP contribution in [0.3, 0.4) is 0 Å². The van der Waals surface area contributed by atoms with Crippen molar-refractivity contribution < 1.29 is 4.79 Å². The molecule has 2 amide bonds. The minimum Gasteiger partial charge on any atom is -0.335 e. The van der Waals surface area contributed by atoms with E-state index in [1.807, 2.05) is 25.7 Å². The number of rotatable bonds is 4. The highest BCUT2D eigenvalue weighted by atomic mass is 32.2. The van der Waals surface area contributed by atoms with Gasteiger partial charge in [0.25, 0.3) is 0 Å². The monoisotopic (exact) mass is 244 g/mol. The van der Waals surface area contributed by atoms with E-state index < -0.39 is 0 Å². The smallest absolute Gasteiger partial charge is 0.317 e. The van der Waals surface area contributed by atoms with Gasteiger partial charge in [0.15, 0.2) is 0 Å². The van der Waals surface area contributed by atoms with E-state index in [2.05, 4.69) is 12.2 Å². The van der Waals surface area contributed by atoms with E-state index >= 15 is 0 Å². The fraction of sp³-hybridized carbons (Fsp3) is 0.917. The first kappa shape index (κ1) is 13.7. The van der Waals surface area contributed by atoms with E-state index in [4.69, 9.17) is 0 Å². The third-order valence-electron chi connectivity index (χ3n) is 3.18. The zero-order valence-electron chi connectivity index (χ0n) is 10.7. The molecule has 4 heteroatoms. The molecule has 0 aromatic rings. The molecule has 0 unspecified atom stereocenters. The number of carbonyl (C=O) groups is 1. The summed E-state index contributed by atoms with van der Waals surface area (Å²) in [5.74, 6) is 1.18. The lowest BCUT2D eigenvalue weighted by molar-refractivity contribution is 0.203. The Bertz CT molecular complexity index is 221. The van der Waals surface area contributed by atoms with Gasteiger partial charge in [-0.15, -0.1) is 0 Å². The number of amides is 2. The van der Waals surface area contributed by atoms with E-state index in [9.17, 15) is 4.79 Å². The van der Waals surface area contributed by atoms with Crippen molar-refractivity contribution in [3.63, 3.8) is 0 Å². The predicted molar refractivity (Wildman–Crippen MR) is 71.0 cm³/mol. The highest BCUT2D eigenvalue weighted by Crippen LogP contribution is 2.28. The Kier molecular flexibility index (Phi) is 6.03. The molecule has 0 heterocycles. The lowest BCUT2D eigenvalue weighted by atomic mass is 9.95. The normalized spacial score (nSPS) is 25.2. The average Bonchev–Trinajstić information content (AvgIpc) is 2.29. The first-order chi connectivity index (χ1) is 7.67. The third-order valence-corrected chi connectivity index (χ3v) is 4.41. The van der Waals surface area contributed by atoms with Gasteiger partial charge in [0.1, 0.15) is 0 Å². The van der Waals surface area contributed by atoms with Gasteiger partial charge < -0.3 is 10.2 Å². The second kappa shape index (κ2) is 7.05. The van der Waals surface area contributed by atoms with Gasteiger partial charge in [0.2, 0.25) is 0 Å². The molecule has 3 nitrogen and oxygen atoms in total. The Labute approximate surface area is 103 Å². The van der Waals surface area contributed by atoms with Gasteiger partial charge in [-0.05, 0) is 31.9 Å². The summed E-state index contributed by atoms with van der Waals surface area (Å²) in [6.45, 7) is 4.97. The number of thioether (sulfide) groups is 1. The summed E-state index contributed by atoms with van der Waals surface area (Å²) < 4.78 is 0. The summed E-state index contributed by atoms with van der Waals surface area (Å²) in [5, 5.41) is 3.88. The fourth-order valence-corrected chi connectivity index (χ4v) is 3.26. The van der Waals surface area contributed by atoms with Crippen LogP contribution >= 0.6 is 11.8 Å². The van der Waals surface area contributed by atoms with Crippen molar-refractivity contribution in [2.45, 2.75) is 50.8 Å². The maximum atomic E-state index is 11.7. The van der Waals surface area contributed by atoms with Gasteiger partial charge in [-0.2, -0.15) is 11.8 Å². The summed E-state index contributed by atoms with van der Waals surface area (Å²) >= 11 is 2.03. The van der Waals surface area contributed by atoms with E-state index in [0.717, 1.165) is 24.6 Å². The van der Waals surface area contributed by atoms with Crippen LogP contribution in [-0.4, -0.2) is 41.6 Å². The van der Waals surface area contributed by atoms with Crippen LogP contribution in [-0.2, 0) is 0 Å². The number of carbonyl (C=O) groups excluding carboxylic acids is 1. The molecule has 1 N–H and O–H groups in total. The Morgan fingerprint density at radius 2 is 2.19 bits per heavy atom. The van der Waals surface area contributed by atoms with Crippen molar-refractivity contribution in [1.82, 2.24) is 10.2 Å². The molecule has 16 heavy (non-hydrogen) atoms. The maximum absolute atomic E-state index is 11.7. The molecule has 0 bridgehead atoms. The van der Waals surface area contributed by atoms with Gasteiger partial charge in [0, 0.05) is 24.9 Å². The summed E-state index contributed by atoms with van der Waals surface area (Å²) in [6.07, 6.45) is 4.85. The zero-order chi connectivity index (χ0) is 12.0. The van der Waals surface area contributed by atoms with Crippen molar-refractivity contribution in [2.75, 3.05) is 19.3 Å². The van der Waals surface area contributed by atoms with Crippen LogP contribution in [0.15, 0.2) is 0 Å². The molecule has 1 aliphatic carbocycles. The number of hydrogen-bond acceptors (Lipinski definition) is 2. The number of nitrogens with one attached hydrogen (secondary N) is 1. The molecular weight excluding hydrogens is 220 g/mol. The topological polar surface area (TPSA) is 32.3 Å². The molecule has 0 radical (unpaired) electrons. The minimum atomic E-state index is 0.0784. The lowest BCUT2D eigenvalue weighted by Gasteiger charge is -2.30. The van der Waals surface area contributed by atoms with Gasteiger partial charge in [0.05, 0.1) is 0 Å². The highest BCUT2D eigenvalue weighted by molar-refractivity contribution is 7.99. The summed E-state index contributed by atoms with van der Waals surface area (Å²) in [6, 6.07) is 0.467. The Hall–Kier alpha value is -0.380. The lowest BCUT2D eigenvalue weighted by Crippen LogP contribution is -2.45. The van der Waals surface area contributed by atoms with Crippen molar-refractivity contribution in [1.29, 1.82) is 0 Å². The van der Waals surface area contributed by atoms with Gasteiger partial charge in [-0.25, -0.2) is 4.79 Å². The van der Waals surface area contributed by atoms with E-state index in [0.29, 0.717) is 6.04 Å². The van der Waals surface area contributed by atoms with Crippen molar-refractivity contribution in [3.05, 3.63) is 0 Å². The second-order valence-corrected chi connectivity index (χ2v) is 5.98. The van der Waals surface area contributed by atoms with Gasteiger partial charge in [-0.1, -0.05) is 13.3 Å². The second-order valence-electron chi connectivity index (χ2n) is 4.40. The molecule has 1 fully saturated rings. The van der Waals surface area contributed by atoms with Crippen LogP contribution < -0.4 is 5.32 Å². The first-order valence-corrected chi connectivity index (χ1v) is 7.35. The third kappa shape index (κ3) is 4.24. The SMILES string of the molecule is CCS[C@H]1CCC[C@@H](NC(=O)N(C)CC)C1. The Morgan fingerprint density at radius 1 is 1.44 bits per heavy atom. The van der Waals surface area contributed by atoms with Crippen LogP contribution in [0, 0.1) is 0 Å². The van der Waals surface area contributed by atoms with Crippen LogP contribution in [0.25, 0.3) is 0 Å². The van der Waals surface area contributed by atoms with E-state index in [1.54, 1.807) is 4.90 Å². The predicted octanol–water partition coefficient (Wildman–Crippen LogP) is 2.71. The molecule has 0 aromatic heterocycles. The quantitative estimate of drug-likeness (QED) is 0.824. The fourth-order valence-electron chi connectivity index (χ4n) is 2.09. The molecular formula is C12H24N2OS. The minimum absolute atomic E-state index is 0.0784. The molecule has 0 aromatic carbocycles. The molecule has 1 rings (SSSR count). The van der Waals surface area contributed by atoms with E-state index in [1.165, 1.54) is 18.6 Å². The molecule has 0 spiro atoms. The molecule has 94 valence electrons. The maximum Gasteiger partial charge on any atom is 0.317 e. The van der Waals surface area contributed by atoms with Crippen LogP contribution in [0.5, 0.6) is 0 Å². The molecule has 2 atom stereocenters. The summed E-state index contributed by atoms with van der Waals surface area (Å²) in [5.41, 5.74) is 0. The number of nitrogens with zero attached hydrogens (tertiary/aromatic N) is 1. The summed E-state index contributed by atoms with van der Waals surface area (Å²) in [7, 11) is 1.84. The molecule has 1 saturated carbocycles. The number of urea groups is 1. The molecule has 0 saturated heterocycles. The Morgan fingerprint density at radius 3 is 2.81 bits per heavy atom. The standard InChI is InChI=1S/C12H24N2OS/c1-4-14(3)12(15)13-10-7-6-8-11(9-10)16-5-2/h10-11H,4-9H2,1-3H3,(H,13,15)/t10-,11+/m1/s1.